The van der Waals surface area contributed by atoms with Crippen LogP contribution >= 0.6 is 11.3 Å². The molecule has 2 aromatic heterocycles. The van der Waals surface area contributed by atoms with Crippen LogP contribution in [0.1, 0.15) is 51.4 Å². The molecule has 0 saturated carbocycles. The molecule has 9 heteroatoms. The van der Waals surface area contributed by atoms with Crippen molar-refractivity contribution in [2.24, 2.45) is 11.7 Å². The summed E-state index contributed by atoms with van der Waals surface area (Å²) in [5.41, 5.74) is 6.97. The molecule has 29 heavy (non-hydrogen) atoms. The Morgan fingerprint density at radius 1 is 1.38 bits per heavy atom. The highest BCUT2D eigenvalue weighted by atomic mass is 32.1. The Hall–Kier alpha value is -2.94. The monoisotopic (exact) mass is 417 g/mol. The van der Waals surface area contributed by atoms with Gasteiger partial charge in [0.25, 0.3) is 11.8 Å². The molecule has 0 fully saturated rings. The predicted molar refractivity (Wildman–Crippen MR) is 108 cm³/mol. The molecule has 1 atom stereocenters. The standard InChI is InChI=1S/C20H23N3O5S/c1-3-27-18-13(5-4-8-22-18)20(26)28-10-15(24)23-19-16(17(21)25)12-7-6-11(2)9-14(12)29-19/h4-5,8,11H,3,6-7,9-10H2,1-2H3,(H2,21,25)(H,23,24)/t11-/m1/s1. The van der Waals surface area contributed by atoms with Crippen LogP contribution in [-0.2, 0) is 22.4 Å². The van der Waals surface area contributed by atoms with Gasteiger partial charge in [0, 0.05) is 11.1 Å². The third kappa shape index (κ3) is 4.73. The van der Waals surface area contributed by atoms with E-state index in [1.54, 1.807) is 13.0 Å². The lowest BCUT2D eigenvalue weighted by molar-refractivity contribution is -0.119. The maximum atomic E-state index is 12.3. The lowest BCUT2D eigenvalue weighted by atomic mass is 9.88. The summed E-state index contributed by atoms with van der Waals surface area (Å²) in [7, 11) is 0. The van der Waals surface area contributed by atoms with Gasteiger partial charge >= 0.3 is 5.97 Å². The van der Waals surface area contributed by atoms with Gasteiger partial charge in [-0.15, -0.1) is 11.3 Å². The number of nitrogens with one attached hydrogen (secondary N) is 1. The molecule has 0 spiro atoms. The molecule has 0 saturated heterocycles. The molecular formula is C20H23N3O5S. The van der Waals surface area contributed by atoms with Crippen molar-refractivity contribution >= 4 is 34.1 Å². The van der Waals surface area contributed by atoms with E-state index in [0.29, 0.717) is 23.1 Å². The van der Waals surface area contributed by atoms with E-state index in [4.69, 9.17) is 15.2 Å². The van der Waals surface area contributed by atoms with E-state index in [-0.39, 0.29) is 11.4 Å². The molecule has 2 aromatic rings. The molecule has 154 valence electrons. The number of hydrogen-bond acceptors (Lipinski definition) is 7. The third-order valence-corrected chi connectivity index (χ3v) is 5.79. The fourth-order valence-corrected chi connectivity index (χ4v) is 4.70. The van der Waals surface area contributed by atoms with Gasteiger partial charge in [0.05, 0.1) is 12.2 Å². The Morgan fingerprint density at radius 2 is 2.17 bits per heavy atom. The molecule has 0 aromatic carbocycles. The largest absolute Gasteiger partial charge is 0.477 e. The van der Waals surface area contributed by atoms with E-state index in [1.165, 1.54) is 23.6 Å². The number of aromatic nitrogens is 1. The molecular weight excluding hydrogens is 394 g/mol. The first-order valence-corrected chi connectivity index (χ1v) is 10.2. The van der Waals surface area contributed by atoms with Crippen molar-refractivity contribution in [3.05, 3.63) is 39.9 Å². The van der Waals surface area contributed by atoms with E-state index in [9.17, 15) is 14.4 Å². The number of anilines is 1. The van der Waals surface area contributed by atoms with Gasteiger partial charge in [-0.1, -0.05) is 6.92 Å². The van der Waals surface area contributed by atoms with Crippen molar-refractivity contribution in [2.75, 3.05) is 18.5 Å². The highest BCUT2D eigenvalue weighted by molar-refractivity contribution is 7.17. The number of ether oxygens (including phenoxy) is 2. The molecule has 2 amide bonds. The van der Waals surface area contributed by atoms with Gasteiger partial charge in [-0.2, -0.15) is 0 Å². The average Bonchev–Trinajstić information content (AvgIpc) is 3.03. The van der Waals surface area contributed by atoms with Crippen molar-refractivity contribution in [2.45, 2.75) is 33.1 Å². The number of fused-ring (bicyclic) bond motifs is 1. The van der Waals surface area contributed by atoms with E-state index >= 15 is 0 Å². The van der Waals surface area contributed by atoms with Crippen molar-refractivity contribution in [1.29, 1.82) is 0 Å². The molecule has 1 aliphatic carbocycles. The number of nitrogens with zero attached hydrogens (tertiary/aromatic N) is 1. The van der Waals surface area contributed by atoms with Gasteiger partial charge in [-0.05, 0) is 49.8 Å². The summed E-state index contributed by atoms with van der Waals surface area (Å²) in [5.74, 6) is -1.16. The van der Waals surface area contributed by atoms with Crippen LogP contribution in [0.25, 0.3) is 0 Å². The maximum Gasteiger partial charge on any atom is 0.344 e. The van der Waals surface area contributed by atoms with Crippen LogP contribution in [0.3, 0.4) is 0 Å². The van der Waals surface area contributed by atoms with Gasteiger partial charge in [-0.25, -0.2) is 9.78 Å². The molecule has 8 nitrogen and oxygen atoms in total. The summed E-state index contributed by atoms with van der Waals surface area (Å²) in [6.45, 7) is 3.76. The summed E-state index contributed by atoms with van der Waals surface area (Å²) < 4.78 is 10.4. The van der Waals surface area contributed by atoms with Crippen molar-refractivity contribution < 1.29 is 23.9 Å². The Balaban J connectivity index is 1.67. The topological polar surface area (TPSA) is 121 Å². The quantitative estimate of drug-likeness (QED) is 0.668. The number of carbonyl (C=O) groups excluding carboxylic acids is 3. The SMILES string of the molecule is CCOc1ncccc1C(=O)OCC(=O)Nc1sc2c(c1C(N)=O)CC[C@@H](C)C2. The second-order valence-electron chi connectivity index (χ2n) is 6.83. The summed E-state index contributed by atoms with van der Waals surface area (Å²) in [6.07, 6.45) is 4.09. The summed E-state index contributed by atoms with van der Waals surface area (Å²) in [5, 5.41) is 3.08. The Bertz CT molecular complexity index is 940. The predicted octanol–water partition coefficient (Wildman–Crippen LogP) is 2.56. The van der Waals surface area contributed by atoms with E-state index in [0.717, 1.165) is 29.7 Å². The van der Waals surface area contributed by atoms with Gasteiger partial charge in [-0.3, -0.25) is 9.59 Å². The van der Waals surface area contributed by atoms with Crippen LogP contribution in [0.2, 0.25) is 0 Å². The lowest BCUT2D eigenvalue weighted by Crippen LogP contribution is -2.23. The van der Waals surface area contributed by atoms with Crippen LogP contribution in [0.4, 0.5) is 5.00 Å². The number of pyridine rings is 1. The molecule has 2 heterocycles. The van der Waals surface area contributed by atoms with E-state index < -0.39 is 24.4 Å². The first kappa shape index (κ1) is 20.8. The molecule has 0 bridgehead atoms. The zero-order chi connectivity index (χ0) is 21.0. The third-order valence-electron chi connectivity index (χ3n) is 4.62. The van der Waals surface area contributed by atoms with Crippen LogP contribution in [0.15, 0.2) is 18.3 Å². The number of carbonyl (C=O) groups is 3. The molecule has 0 unspecified atom stereocenters. The van der Waals surface area contributed by atoms with Gasteiger partial charge in [0.1, 0.15) is 10.6 Å². The normalized spacial score (nSPS) is 15.3. The summed E-state index contributed by atoms with van der Waals surface area (Å²) in [6, 6.07) is 3.09. The first-order valence-electron chi connectivity index (χ1n) is 9.39. The molecule has 3 N–H and O–H groups in total. The average molecular weight is 417 g/mol. The van der Waals surface area contributed by atoms with Crippen LogP contribution in [0.5, 0.6) is 5.88 Å². The van der Waals surface area contributed by atoms with Gasteiger partial charge in [0.15, 0.2) is 6.61 Å². The molecule has 0 radical (unpaired) electrons. The summed E-state index contributed by atoms with van der Waals surface area (Å²) in [4.78, 5) is 41.6. The Labute approximate surface area is 172 Å². The van der Waals surface area contributed by atoms with Crippen LogP contribution in [0, 0.1) is 5.92 Å². The first-order chi connectivity index (χ1) is 13.9. The number of esters is 1. The number of rotatable bonds is 7. The molecule has 1 aliphatic rings. The number of primary amides is 1. The van der Waals surface area contributed by atoms with Crippen molar-refractivity contribution in [1.82, 2.24) is 4.98 Å². The highest BCUT2D eigenvalue weighted by Gasteiger charge is 2.27. The number of amides is 2. The van der Waals surface area contributed by atoms with Crippen LogP contribution < -0.4 is 15.8 Å². The minimum absolute atomic E-state index is 0.139. The van der Waals surface area contributed by atoms with Crippen molar-refractivity contribution in [3.8, 4) is 5.88 Å². The maximum absolute atomic E-state index is 12.3. The Morgan fingerprint density at radius 3 is 2.90 bits per heavy atom. The number of nitrogens with two attached hydrogens (primary N) is 1. The number of thiophene rings is 1. The Kier molecular flexibility index (Phi) is 6.48. The van der Waals surface area contributed by atoms with E-state index in [1.807, 2.05) is 0 Å². The minimum Gasteiger partial charge on any atom is -0.477 e. The lowest BCUT2D eigenvalue weighted by Gasteiger charge is -2.18. The van der Waals surface area contributed by atoms with E-state index in [2.05, 4.69) is 17.2 Å². The minimum atomic E-state index is -0.717. The molecule has 3 rings (SSSR count). The smallest absolute Gasteiger partial charge is 0.344 e. The van der Waals surface area contributed by atoms with Crippen LogP contribution in [-0.4, -0.2) is 36.0 Å². The number of hydrogen-bond donors (Lipinski definition) is 2. The fourth-order valence-electron chi connectivity index (χ4n) is 3.27. The zero-order valence-electron chi connectivity index (χ0n) is 16.3. The zero-order valence-corrected chi connectivity index (χ0v) is 17.1. The second-order valence-corrected chi connectivity index (χ2v) is 7.94. The molecule has 0 aliphatic heterocycles. The fraction of sp³-hybridized carbons (Fsp3) is 0.400. The van der Waals surface area contributed by atoms with Crippen molar-refractivity contribution in [3.63, 3.8) is 0 Å². The highest BCUT2D eigenvalue weighted by Crippen LogP contribution is 2.39. The van der Waals surface area contributed by atoms with Gasteiger partial charge in [0.2, 0.25) is 5.88 Å². The second kappa shape index (κ2) is 9.04. The summed E-state index contributed by atoms with van der Waals surface area (Å²) >= 11 is 1.36. The van der Waals surface area contributed by atoms with Gasteiger partial charge < -0.3 is 20.5 Å².